The van der Waals surface area contributed by atoms with Gasteiger partial charge in [0.15, 0.2) is 0 Å². The summed E-state index contributed by atoms with van der Waals surface area (Å²) < 4.78 is 29.4. The molecule has 0 radical (unpaired) electrons. The number of hydrogen-bond donors (Lipinski definition) is 2. The van der Waals surface area contributed by atoms with Crippen molar-refractivity contribution >= 4 is 35.4 Å². The van der Waals surface area contributed by atoms with Crippen LogP contribution < -0.4 is 18.9 Å². The maximum atomic E-state index is 9.91. The van der Waals surface area contributed by atoms with E-state index >= 15 is 0 Å². The molecule has 0 saturated heterocycles. The third-order valence-electron chi connectivity index (χ3n) is 0.626. The maximum absolute atomic E-state index is 9.91. The molecule has 0 aromatic heterocycles. The molecular weight excluding hydrogens is 187 g/mol. The third-order valence-corrected chi connectivity index (χ3v) is 1.88. The molecule has 7 heteroatoms. The van der Waals surface area contributed by atoms with Gasteiger partial charge in [0.1, 0.15) is 0 Å². The van der Waals surface area contributed by atoms with E-state index in [2.05, 4.69) is 25.3 Å². The molecule has 0 aliphatic rings. The second-order valence-electron chi connectivity index (χ2n) is 1.53. The van der Waals surface area contributed by atoms with Gasteiger partial charge >= 0.3 is 18.9 Å². The first-order valence-electron chi connectivity index (χ1n) is 2.21. The number of rotatable bonds is 3. The number of hydrogen-bond acceptors (Lipinski definition) is 5. The molecule has 0 spiro atoms. The van der Waals surface area contributed by atoms with Crippen LogP contribution in [-0.4, -0.2) is 23.3 Å². The van der Waals surface area contributed by atoms with Gasteiger partial charge in [0.05, 0.1) is 10.1 Å². The Labute approximate surface area is 83.7 Å². The van der Waals surface area contributed by atoms with Crippen LogP contribution >= 0.6 is 25.3 Å². The first kappa shape index (κ1) is 13.8. The molecule has 0 aliphatic heterocycles. The molecule has 0 atom stereocenters. The van der Waals surface area contributed by atoms with E-state index in [0.717, 1.165) is 0 Å². The summed E-state index contributed by atoms with van der Waals surface area (Å²) in [6, 6.07) is 0. The molecule has 0 bridgehead atoms. The summed E-state index contributed by atoms with van der Waals surface area (Å²) >= 11 is 7.54. The Morgan fingerprint density at radius 1 is 1.40 bits per heavy atom. The summed E-state index contributed by atoms with van der Waals surface area (Å²) in [5.74, 6) is -0.384. The van der Waals surface area contributed by atoms with Crippen molar-refractivity contribution in [1.29, 1.82) is 0 Å². The summed E-state index contributed by atoms with van der Waals surface area (Å²) in [6.07, 6.45) is 0.193. The topological polar surface area (TPSA) is 57.2 Å². The summed E-state index contributed by atoms with van der Waals surface area (Å²) in [6.45, 7) is 0. The molecule has 0 aliphatic carbocycles. The largest absolute Gasteiger partial charge is 1.00 e. The van der Waals surface area contributed by atoms with Gasteiger partial charge in [-0.2, -0.15) is 25.3 Å². The molecule has 0 N–H and O–H groups in total. The zero-order valence-corrected chi connectivity index (χ0v) is 8.12. The molecule has 0 amide bonds. The van der Waals surface area contributed by atoms with E-state index in [9.17, 15) is 13.0 Å². The average molecular weight is 194 g/mol. The van der Waals surface area contributed by atoms with Crippen molar-refractivity contribution in [2.45, 2.75) is 11.0 Å². The molecule has 0 saturated carbocycles. The zero-order chi connectivity index (χ0) is 7.49. The smallest absolute Gasteiger partial charge is 0.748 e. The van der Waals surface area contributed by atoms with Gasteiger partial charge in [0, 0.05) is 10.3 Å². The van der Waals surface area contributed by atoms with Crippen LogP contribution in [0.2, 0.25) is 0 Å². The molecule has 0 fully saturated rings. The van der Waals surface area contributed by atoms with Crippen LogP contribution in [0, 0.1) is 0 Å². The quantitative estimate of drug-likeness (QED) is 0.219. The average Bonchev–Trinajstić information content (AvgIpc) is 1.59. The summed E-state index contributed by atoms with van der Waals surface area (Å²) in [7, 11) is -4.07. The van der Waals surface area contributed by atoms with Gasteiger partial charge in [0.2, 0.25) is 0 Å². The fraction of sp³-hybridized carbons (Fsp3) is 1.00. The first-order chi connectivity index (χ1) is 3.92. The van der Waals surface area contributed by atoms with Crippen LogP contribution in [0.15, 0.2) is 0 Å². The zero-order valence-electron chi connectivity index (χ0n) is 5.52. The van der Waals surface area contributed by atoms with E-state index in [0.29, 0.717) is 0 Å². The SMILES string of the molecule is O=S(=O)([O-])CCC(S)S.[Li+]. The van der Waals surface area contributed by atoms with Gasteiger partial charge in [0.25, 0.3) is 0 Å². The van der Waals surface area contributed by atoms with Gasteiger partial charge in [-0.1, -0.05) is 0 Å². The Hall–Kier alpha value is 1.21. The predicted octanol–water partition coefficient (Wildman–Crippen LogP) is -2.89. The molecule has 0 aromatic carbocycles. The molecule has 0 rings (SSSR count). The van der Waals surface area contributed by atoms with Crippen LogP contribution in [0.1, 0.15) is 6.42 Å². The first-order valence-corrected chi connectivity index (χ1v) is 4.82. The van der Waals surface area contributed by atoms with Gasteiger partial charge in [-0.15, -0.1) is 0 Å². The minimum atomic E-state index is -4.07. The summed E-state index contributed by atoms with van der Waals surface area (Å²) in [4.78, 5) is 0. The Morgan fingerprint density at radius 3 is 1.90 bits per heavy atom. The molecule has 56 valence electrons. The van der Waals surface area contributed by atoms with Gasteiger partial charge in [-0.3, -0.25) is 0 Å². The van der Waals surface area contributed by atoms with Crippen molar-refractivity contribution in [1.82, 2.24) is 0 Å². The fourth-order valence-corrected chi connectivity index (χ4v) is 1.38. The van der Waals surface area contributed by atoms with Crippen molar-refractivity contribution in [2.24, 2.45) is 0 Å². The molecule has 0 heterocycles. The van der Waals surface area contributed by atoms with Crippen LogP contribution in [0.3, 0.4) is 0 Å². The molecular formula is C3H7LiO3S3. The predicted molar refractivity (Wildman–Crippen MR) is 40.9 cm³/mol. The molecule has 10 heavy (non-hydrogen) atoms. The van der Waals surface area contributed by atoms with Crippen LogP contribution in [0.25, 0.3) is 0 Å². The van der Waals surface area contributed by atoms with Crippen LogP contribution in [0.5, 0.6) is 0 Å². The van der Waals surface area contributed by atoms with Crippen molar-refractivity contribution < 1.29 is 31.8 Å². The Morgan fingerprint density at radius 2 is 1.80 bits per heavy atom. The van der Waals surface area contributed by atoms with Crippen LogP contribution in [0.4, 0.5) is 0 Å². The minimum Gasteiger partial charge on any atom is -0.748 e. The van der Waals surface area contributed by atoms with Crippen molar-refractivity contribution in [2.75, 3.05) is 5.75 Å². The van der Waals surface area contributed by atoms with Gasteiger partial charge in [-0.05, 0) is 6.42 Å². The van der Waals surface area contributed by atoms with E-state index in [1.807, 2.05) is 0 Å². The van der Waals surface area contributed by atoms with Crippen molar-refractivity contribution in [3.05, 3.63) is 0 Å². The normalized spacial score (nSPS) is 11.2. The second-order valence-corrected chi connectivity index (χ2v) is 4.71. The molecule has 0 aromatic rings. The number of thiol groups is 2. The standard InChI is InChI=1S/C3H8O3S3.Li/c4-9(5,6)2-1-3(7)8;/h3,7-8H,1-2H2,(H,4,5,6);/q;+1/p-1. The fourth-order valence-electron chi connectivity index (χ4n) is 0.250. The second kappa shape index (κ2) is 5.81. The van der Waals surface area contributed by atoms with Crippen molar-refractivity contribution in [3.63, 3.8) is 0 Å². The van der Waals surface area contributed by atoms with Gasteiger partial charge in [-0.25, -0.2) is 8.42 Å². The Bertz CT molecular complexity index is 164. The van der Waals surface area contributed by atoms with Crippen LogP contribution in [-0.2, 0) is 10.1 Å². The van der Waals surface area contributed by atoms with Crippen molar-refractivity contribution in [3.8, 4) is 0 Å². The monoisotopic (exact) mass is 194 g/mol. The van der Waals surface area contributed by atoms with E-state index in [1.165, 1.54) is 0 Å². The Balaban J connectivity index is 0. The van der Waals surface area contributed by atoms with E-state index in [4.69, 9.17) is 0 Å². The van der Waals surface area contributed by atoms with E-state index in [1.54, 1.807) is 0 Å². The molecule has 3 nitrogen and oxygen atoms in total. The Kier molecular flexibility index (Phi) is 8.00. The summed E-state index contributed by atoms with van der Waals surface area (Å²) in [5, 5.41) is 0. The molecule has 0 unspecified atom stereocenters. The van der Waals surface area contributed by atoms with E-state index in [-0.39, 0.29) is 35.6 Å². The minimum absolute atomic E-state index is 0. The maximum Gasteiger partial charge on any atom is 1.00 e. The summed E-state index contributed by atoms with van der Waals surface area (Å²) in [5.41, 5.74) is 0. The van der Waals surface area contributed by atoms with E-state index < -0.39 is 10.1 Å². The third kappa shape index (κ3) is 11.9. The van der Waals surface area contributed by atoms with Gasteiger partial charge < -0.3 is 4.55 Å².